The van der Waals surface area contributed by atoms with Crippen LogP contribution in [0.2, 0.25) is 5.02 Å². The van der Waals surface area contributed by atoms with Crippen LogP contribution < -0.4 is 5.43 Å². The van der Waals surface area contributed by atoms with Crippen LogP contribution in [-0.4, -0.2) is 17.4 Å². The molecule has 110 valence electrons. The summed E-state index contributed by atoms with van der Waals surface area (Å²) >= 11 is 7.38. The lowest BCUT2D eigenvalue weighted by Gasteiger charge is -2.03. The second-order valence-corrected chi connectivity index (χ2v) is 6.03. The molecule has 0 aromatic heterocycles. The number of nitrogens with zero attached hydrogens (tertiary/aromatic N) is 1. The number of halogens is 1. The van der Waals surface area contributed by atoms with Gasteiger partial charge in [0, 0.05) is 16.5 Å². The number of hydrogen-bond donors (Lipinski definition) is 1. The van der Waals surface area contributed by atoms with Crippen molar-refractivity contribution in [3.05, 3.63) is 34.9 Å². The Hall–Kier alpha value is -1.00. The van der Waals surface area contributed by atoms with E-state index in [0.29, 0.717) is 5.75 Å². The number of amides is 1. The van der Waals surface area contributed by atoms with Crippen molar-refractivity contribution in [1.29, 1.82) is 0 Å². The maximum Gasteiger partial charge on any atom is 0.250 e. The quantitative estimate of drug-likeness (QED) is 0.576. The zero-order chi connectivity index (χ0) is 14.8. The van der Waals surface area contributed by atoms with E-state index in [-0.39, 0.29) is 5.91 Å². The van der Waals surface area contributed by atoms with Crippen molar-refractivity contribution in [3.8, 4) is 0 Å². The molecule has 1 amide bonds. The number of hydrogen-bond acceptors (Lipinski definition) is 3. The van der Waals surface area contributed by atoms with Crippen molar-refractivity contribution in [2.45, 2.75) is 38.9 Å². The summed E-state index contributed by atoms with van der Waals surface area (Å²) in [6.45, 7) is 4.08. The fraction of sp³-hybridized carbons (Fsp3) is 0.467. The van der Waals surface area contributed by atoms with E-state index in [2.05, 4.69) is 17.5 Å². The lowest BCUT2D eigenvalue weighted by Crippen LogP contribution is -2.21. The van der Waals surface area contributed by atoms with Gasteiger partial charge >= 0.3 is 0 Å². The van der Waals surface area contributed by atoms with Gasteiger partial charge in [-0.3, -0.25) is 4.79 Å². The molecular formula is C15H21ClN2OS. The number of unbranched alkanes of at least 4 members (excludes halogenated alkanes) is 1. The summed E-state index contributed by atoms with van der Waals surface area (Å²) in [5.74, 6) is 1.15. The molecule has 0 saturated heterocycles. The molecule has 0 radical (unpaired) electrons. The van der Waals surface area contributed by atoms with Crippen LogP contribution in [0.15, 0.2) is 29.4 Å². The van der Waals surface area contributed by atoms with Gasteiger partial charge in [0.2, 0.25) is 5.91 Å². The minimum Gasteiger partial charge on any atom is -0.272 e. The second kappa shape index (κ2) is 9.83. The van der Waals surface area contributed by atoms with Crippen LogP contribution in [0.3, 0.4) is 0 Å². The van der Waals surface area contributed by atoms with Crippen LogP contribution in [0.1, 0.15) is 38.7 Å². The van der Waals surface area contributed by atoms with E-state index in [1.807, 2.05) is 31.2 Å². The Morgan fingerprint density at radius 3 is 2.70 bits per heavy atom. The molecule has 0 atom stereocenters. The molecule has 0 spiro atoms. The Labute approximate surface area is 130 Å². The monoisotopic (exact) mass is 312 g/mol. The number of rotatable bonds is 8. The minimum atomic E-state index is -0.0557. The zero-order valence-electron chi connectivity index (χ0n) is 12.0. The van der Waals surface area contributed by atoms with Gasteiger partial charge in [0.15, 0.2) is 0 Å². The predicted molar refractivity (Wildman–Crippen MR) is 88.4 cm³/mol. The molecule has 1 rings (SSSR count). The lowest BCUT2D eigenvalue weighted by molar-refractivity contribution is -0.118. The first kappa shape index (κ1) is 17.1. The molecule has 0 aliphatic carbocycles. The first-order chi connectivity index (χ1) is 9.61. The number of benzene rings is 1. The molecule has 0 aliphatic heterocycles. The summed E-state index contributed by atoms with van der Waals surface area (Å²) < 4.78 is 0. The van der Waals surface area contributed by atoms with Gasteiger partial charge < -0.3 is 0 Å². The molecule has 0 bridgehead atoms. The Kier molecular flexibility index (Phi) is 8.38. The fourth-order valence-corrected chi connectivity index (χ4v) is 2.43. The van der Waals surface area contributed by atoms with Gasteiger partial charge in [0.05, 0.1) is 5.75 Å². The van der Waals surface area contributed by atoms with E-state index >= 15 is 0 Å². The van der Waals surface area contributed by atoms with Crippen molar-refractivity contribution in [3.63, 3.8) is 0 Å². The lowest BCUT2D eigenvalue weighted by atomic mass is 10.2. The van der Waals surface area contributed by atoms with Crippen LogP contribution in [0.4, 0.5) is 0 Å². The normalized spacial score (nSPS) is 11.4. The molecule has 0 unspecified atom stereocenters. The average Bonchev–Trinajstić information content (AvgIpc) is 2.45. The maximum atomic E-state index is 11.6. The van der Waals surface area contributed by atoms with E-state index in [9.17, 15) is 4.79 Å². The van der Waals surface area contributed by atoms with Crippen molar-refractivity contribution in [2.24, 2.45) is 5.10 Å². The van der Waals surface area contributed by atoms with E-state index < -0.39 is 0 Å². The third-order valence-corrected chi connectivity index (χ3v) is 3.93. The molecule has 0 aliphatic rings. The van der Waals surface area contributed by atoms with Crippen LogP contribution in [0.5, 0.6) is 0 Å². The van der Waals surface area contributed by atoms with E-state index in [1.54, 1.807) is 11.8 Å². The largest absolute Gasteiger partial charge is 0.272 e. The highest BCUT2D eigenvalue weighted by Crippen LogP contribution is 2.15. The Balaban J connectivity index is 2.21. The molecule has 1 aromatic rings. The van der Waals surface area contributed by atoms with Crippen LogP contribution in [0.25, 0.3) is 0 Å². The van der Waals surface area contributed by atoms with Gasteiger partial charge in [0.25, 0.3) is 0 Å². The smallest absolute Gasteiger partial charge is 0.250 e. The van der Waals surface area contributed by atoms with Gasteiger partial charge in [-0.05, 0) is 37.5 Å². The summed E-state index contributed by atoms with van der Waals surface area (Å²) in [6, 6.07) is 7.67. The topological polar surface area (TPSA) is 41.5 Å². The molecule has 0 fully saturated rings. The summed E-state index contributed by atoms with van der Waals surface area (Å²) in [5, 5.41) is 4.82. The van der Waals surface area contributed by atoms with Gasteiger partial charge in [-0.2, -0.15) is 5.10 Å². The Morgan fingerprint density at radius 2 is 2.05 bits per heavy atom. The molecule has 1 N–H and O–H groups in total. The van der Waals surface area contributed by atoms with Crippen LogP contribution in [0, 0.1) is 0 Å². The van der Waals surface area contributed by atoms with E-state index in [0.717, 1.165) is 41.3 Å². The second-order valence-electron chi connectivity index (χ2n) is 4.60. The third-order valence-electron chi connectivity index (χ3n) is 2.68. The first-order valence-electron chi connectivity index (χ1n) is 6.76. The highest BCUT2D eigenvalue weighted by molar-refractivity contribution is 7.99. The maximum absolute atomic E-state index is 11.6. The third kappa shape index (κ3) is 7.56. The SMILES string of the molecule is CCCC/C(C)=N/NC(=O)CSCc1ccc(Cl)cc1. The number of thioether (sulfide) groups is 1. The summed E-state index contributed by atoms with van der Waals surface area (Å²) in [6.07, 6.45) is 3.18. The Morgan fingerprint density at radius 1 is 1.35 bits per heavy atom. The molecular weight excluding hydrogens is 292 g/mol. The molecule has 3 nitrogen and oxygen atoms in total. The summed E-state index contributed by atoms with van der Waals surface area (Å²) in [7, 11) is 0. The molecule has 0 saturated carbocycles. The number of carbonyl (C=O) groups excluding carboxylic acids is 1. The van der Waals surface area contributed by atoms with E-state index in [1.165, 1.54) is 0 Å². The van der Waals surface area contributed by atoms with Crippen molar-refractivity contribution in [1.82, 2.24) is 5.43 Å². The van der Waals surface area contributed by atoms with E-state index in [4.69, 9.17) is 11.6 Å². The average molecular weight is 313 g/mol. The van der Waals surface area contributed by atoms with Crippen molar-refractivity contribution < 1.29 is 4.79 Å². The molecule has 5 heteroatoms. The highest BCUT2D eigenvalue weighted by atomic mass is 35.5. The van der Waals surface area contributed by atoms with Crippen LogP contribution >= 0.6 is 23.4 Å². The van der Waals surface area contributed by atoms with Crippen molar-refractivity contribution >= 4 is 35.0 Å². The van der Waals surface area contributed by atoms with Gasteiger partial charge in [-0.15, -0.1) is 11.8 Å². The molecule has 1 aromatic carbocycles. The summed E-state index contributed by atoms with van der Waals surface area (Å²) in [4.78, 5) is 11.6. The standard InChI is InChI=1S/C15H21ClN2OS/c1-3-4-5-12(2)17-18-15(19)11-20-10-13-6-8-14(16)9-7-13/h6-9H,3-5,10-11H2,1-2H3,(H,18,19)/b17-12+. The minimum absolute atomic E-state index is 0.0557. The fourth-order valence-electron chi connectivity index (χ4n) is 1.52. The van der Waals surface area contributed by atoms with Gasteiger partial charge in [-0.25, -0.2) is 5.43 Å². The molecule has 20 heavy (non-hydrogen) atoms. The summed E-state index contributed by atoms with van der Waals surface area (Å²) in [5.41, 5.74) is 4.73. The Bertz CT molecular complexity index is 446. The molecule has 0 heterocycles. The number of carbonyl (C=O) groups is 1. The van der Waals surface area contributed by atoms with Gasteiger partial charge in [0.1, 0.15) is 0 Å². The van der Waals surface area contributed by atoms with Crippen molar-refractivity contribution in [2.75, 3.05) is 5.75 Å². The number of hydrazone groups is 1. The van der Waals surface area contributed by atoms with Gasteiger partial charge in [-0.1, -0.05) is 37.1 Å². The zero-order valence-corrected chi connectivity index (χ0v) is 13.6. The highest BCUT2D eigenvalue weighted by Gasteiger charge is 2.01. The van der Waals surface area contributed by atoms with Crippen LogP contribution in [-0.2, 0) is 10.5 Å². The number of nitrogens with one attached hydrogen (secondary N) is 1. The predicted octanol–water partition coefficient (Wildman–Crippen LogP) is 4.26. The first-order valence-corrected chi connectivity index (χ1v) is 8.29.